The molecule has 0 aliphatic heterocycles. The minimum absolute atomic E-state index is 0.0201. The topological polar surface area (TPSA) is 29.1 Å². The fraction of sp³-hybridized carbons (Fsp3) is 0.533. The number of amides is 1. The Morgan fingerprint density at radius 3 is 2.72 bits per heavy atom. The van der Waals surface area contributed by atoms with Gasteiger partial charge in [-0.3, -0.25) is 4.79 Å². The number of carbonyl (C=O) groups excluding carboxylic acids is 1. The van der Waals surface area contributed by atoms with Crippen LogP contribution in [0.15, 0.2) is 24.3 Å². The zero-order valence-electron chi connectivity index (χ0n) is 10.8. The Morgan fingerprint density at radius 2 is 2.06 bits per heavy atom. The minimum Gasteiger partial charge on any atom is -0.352 e. The van der Waals surface area contributed by atoms with Gasteiger partial charge < -0.3 is 5.32 Å². The van der Waals surface area contributed by atoms with Crippen molar-refractivity contribution in [3.8, 4) is 0 Å². The molecule has 98 valence electrons. The molecular weight excluding hydrogens is 246 g/mol. The summed E-state index contributed by atoms with van der Waals surface area (Å²) >= 11 is 6.15. The quantitative estimate of drug-likeness (QED) is 0.833. The first-order valence-corrected chi connectivity index (χ1v) is 7.07. The molecule has 1 aromatic carbocycles. The van der Waals surface area contributed by atoms with Gasteiger partial charge in [-0.15, -0.1) is 11.6 Å². The molecule has 1 saturated carbocycles. The van der Waals surface area contributed by atoms with E-state index < -0.39 is 0 Å². The smallest absolute Gasteiger partial charge is 0.251 e. The SMILES string of the molecule is Cc1ccc(C(=O)NCC2CCCC(Cl)C2)cc1. The number of benzene rings is 1. The summed E-state index contributed by atoms with van der Waals surface area (Å²) in [5.41, 5.74) is 1.91. The van der Waals surface area contributed by atoms with E-state index in [1.165, 1.54) is 18.4 Å². The summed E-state index contributed by atoms with van der Waals surface area (Å²) in [6.45, 7) is 2.76. The number of halogens is 1. The third-order valence-electron chi connectivity index (χ3n) is 3.58. The van der Waals surface area contributed by atoms with E-state index >= 15 is 0 Å². The molecule has 1 aromatic rings. The molecule has 2 unspecified atom stereocenters. The lowest BCUT2D eigenvalue weighted by atomic mass is 9.89. The molecule has 1 aliphatic rings. The summed E-state index contributed by atoms with van der Waals surface area (Å²) in [5.74, 6) is 0.558. The molecule has 0 aromatic heterocycles. The zero-order valence-corrected chi connectivity index (χ0v) is 11.5. The number of hydrogen-bond acceptors (Lipinski definition) is 1. The van der Waals surface area contributed by atoms with E-state index in [0.717, 1.165) is 24.9 Å². The molecule has 1 N–H and O–H groups in total. The van der Waals surface area contributed by atoms with Crippen molar-refractivity contribution in [2.75, 3.05) is 6.54 Å². The number of alkyl halides is 1. The second kappa shape index (κ2) is 6.24. The van der Waals surface area contributed by atoms with Crippen LogP contribution in [0.1, 0.15) is 41.6 Å². The van der Waals surface area contributed by atoms with Crippen LogP contribution in [0.2, 0.25) is 0 Å². The average molecular weight is 266 g/mol. The number of carbonyl (C=O) groups is 1. The van der Waals surface area contributed by atoms with E-state index in [4.69, 9.17) is 11.6 Å². The number of rotatable bonds is 3. The van der Waals surface area contributed by atoms with Gasteiger partial charge in [0.25, 0.3) is 5.91 Å². The molecule has 2 nitrogen and oxygen atoms in total. The minimum atomic E-state index is 0.0201. The first-order valence-electron chi connectivity index (χ1n) is 6.64. The standard InChI is InChI=1S/C15H20ClNO/c1-11-5-7-13(8-6-11)15(18)17-10-12-3-2-4-14(16)9-12/h5-8,12,14H,2-4,9-10H2,1H3,(H,17,18). The zero-order chi connectivity index (χ0) is 13.0. The van der Waals surface area contributed by atoms with Crippen LogP contribution in [0.5, 0.6) is 0 Å². The van der Waals surface area contributed by atoms with Crippen molar-refractivity contribution in [1.82, 2.24) is 5.32 Å². The van der Waals surface area contributed by atoms with Gasteiger partial charge in [0.1, 0.15) is 0 Å². The predicted molar refractivity (Wildman–Crippen MR) is 75.1 cm³/mol. The fourth-order valence-electron chi connectivity index (χ4n) is 2.45. The van der Waals surface area contributed by atoms with E-state index in [9.17, 15) is 4.79 Å². The van der Waals surface area contributed by atoms with Crippen LogP contribution in [0.3, 0.4) is 0 Å². The van der Waals surface area contributed by atoms with Crippen molar-refractivity contribution in [2.45, 2.75) is 38.0 Å². The largest absolute Gasteiger partial charge is 0.352 e. The molecule has 2 rings (SSSR count). The van der Waals surface area contributed by atoms with Crippen LogP contribution in [0.25, 0.3) is 0 Å². The highest BCUT2D eigenvalue weighted by Gasteiger charge is 2.20. The molecule has 18 heavy (non-hydrogen) atoms. The van der Waals surface area contributed by atoms with Crippen molar-refractivity contribution in [2.24, 2.45) is 5.92 Å². The molecule has 0 heterocycles. The summed E-state index contributed by atoms with van der Waals surface area (Å²) in [5, 5.41) is 3.30. The van der Waals surface area contributed by atoms with Gasteiger partial charge in [0.2, 0.25) is 0 Å². The Hall–Kier alpha value is -1.02. The highest BCUT2D eigenvalue weighted by molar-refractivity contribution is 6.20. The van der Waals surface area contributed by atoms with Crippen LogP contribution in [-0.4, -0.2) is 17.8 Å². The molecular formula is C15H20ClNO. The third-order valence-corrected chi connectivity index (χ3v) is 3.98. The first-order chi connectivity index (χ1) is 8.65. The average Bonchev–Trinajstić information content (AvgIpc) is 2.37. The molecule has 0 spiro atoms. The number of aryl methyl sites for hydroxylation is 1. The molecule has 1 amide bonds. The van der Waals surface area contributed by atoms with Crippen LogP contribution in [-0.2, 0) is 0 Å². The maximum atomic E-state index is 11.9. The molecule has 2 atom stereocenters. The monoisotopic (exact) mass is 265 g/mol. The van der Waals surface area contributed by atoms with Crippen molar-refractivity contribution in [1.29, 1.82) is 0 Å². The van der Waals surface area contributed by atoms with Crippen molar-refractivity contribution < 1.29 is 4.79 Å². The van der Waals surface area contributed by atoms with Crippen molar-refractivity contribution >= 4 is 17.5 Å². The van der Waals surface area contributed by atoms with Crippen LogP contribution >= 0.6 is 11.6 Å². The van der Waals surface area contributed by atoms with E-state index in [0.29, 0.717) is 11.3 Å². The Morgan fingerprint density at radius 1 is 1.33 bits per heavy atom. The summed E-state index contributed by atoms with van der Waals surface area (Å²) in [6, 6.07) is 7.67. The van der Waals surface area contributed by atoms with Gasteiger partial charge in [-0.25, -0.2) is 0 Å². The maximum Gasteiger partial charge on any atom is 0.251 e. The Balaban J connectivity index is 1.82. The second-order valence-corrected chi connectivity index (χ2v) is 5.82. The molecule has 3 heteroatoms. The Bertz CT molecular complexity index is 401. The Kier molecular flexibility index (Phi) is 4.65. The first kappa shape index (κ1) is 13.4. The van der Waals surface area contributed by atoms with Gasteiger partial charge in [0, 0.05) is 17.5 Å². The van der Waals surface area contributed by atoms with Crippen LogP contribution < -0.4 is 5.32 Å². The molecule has 0 saturated heterocycles. The van der Waals surface area contributed by atoms with Crippen LogP contribution in [0.4, 0.5) is 0 Å². The van der Waals surface area contributed by atoms with E-state index in [2.05, 4.69) is 5.32 Å². The van der Waals surface area contributed by atoms with Crippen molar-refractivity contribution in [3.05, 3.63) is 35.4 Å². The highest BCUT2D eigenvalue weighted by atomic mass is 35.5. The van der Waals surface area contributed by atoms with Gasteiger partial charge in [0.15, 0.2) is 0 Å². The molecule has 0 bridgehead atoms. The lowest BCUT2D eigenvalue weighted by Gasteiger charge is -2.25. The molecule has 0 radical (unpaired) electrons. The lowest BCUT2D eigenvalue weighted by Crippen LogP contribution is -2.32. The van der Waals surface area contributed by atoms with Gasteiger partial charge in [-0.1, -0.05) is 24.1 Å². The number of hydrogen-bond donors (Lipinski definition) is 1. The van der Waals surface area contributed by atoms with E-state index in [1.807, 2.05) is 31.2 Å². The molecule has 1 aliphatic carbocycles. The van der Waals surface area contributed by atoms with E-state index in [-0.39, 0.29) is 5.91 Å². The number of nitrogens with one attached hydrogen (secondary N) is 1. The predicted octanol–water partition coefficient (Wildman–Crippen LogP) is 3.52. The second-order valence-electron chi connectivity index (χ2n) is 5.21. The summed E-state index contributed by atoms with van der Waals surface area (Å²) < 4.78 is 0. The Labute approximate surface area is 114 Å². The van der Waals surface area contributed by atoms with Gasteiger partial charge >= 0.3 is 0 Å². The van der Waals surface area contributed by atoms with Gasteiger partial charge in [-0.2, -0.15) is 0 Å². The third kappa shape index (κ3) is 3.74. The summed E-state index contributed by atoms with van der Waals surface area (Å²) in [4.78, 5) is 11.9. The van der Waals surface area contributed by atoms with E-state index in [1.54, 1.807) is 0 Å². The molecule has 1 fully saturated rings. The van der Waals surface area contributed by atoms with Gasteiger partial charge in [0.05, 0.1) is 0 Å². The maximum absolute atomic E-state index is 11.9. The highest BCUT2D eigenvalue weighted by Crippen LogP contribution is 2.27. The lowest BCUT2D eigenvalue weighted by molar-refractivity contribution is 0.0943. The normalized spacial score (nSPS) is 23.7. The fourth-order valence-corrected chi connectivity index (χ4v) is 2.86. The van der Waals surface area contributed by atoms with Crippen LogP contribution in [0, 0.1) is 12.8 Å². The van der Waals surface area contributed by atoms with Crippen molar-refractivity contribution in [3.63, 3.8) is 0 Å². The summed E-state index contributed by atoms with van der Waals surface area (Å²) in [7, 11) is 0. The summed E-state index contributed by atoms with van der Waals surface area (Å²) in [6.07, 6.45) is 4.50. The van der Waals surface area contributed by atoms with Gasteiger partial charge in [-0.05, 0) is 44.2 Å².